The predicted octanol–water partition coefficient (Wildman–Crippen LogP) is 0.681. The fraction of sp³-hybridized carbons (Fsp3) is 0.600. The van der Waals surface area contributed by atoms with Crippen LogP contribution < -0.4 is 4.72 Å². The van der Waals surface area contributed by atoms with Gasteiger partial charge in [-0.1, -0.05) is 0 Å². The van der Waals surface area contributed by atoms with Crippen molar-refractivity contribution in [3.05, 3.63) is 18.0 Å². The first kappa shape index (κ1) is 12.9. The average molecular weight is 276 g/mol. The molecule has 0 spiro atoms. The Morgan fingerprint density at radius 1 is 1.59 bits per heavy atom. The van der Waals surface area contributed by atoms with Crippen LogP contribution in [0.1, 0.15) is 18.5 Å². The first-order valence-electron chi connectivity index (χ1n) is 5.51. The van der Waals surface area contributed by atoms with Gasteiger partial charge in [0.15, 0.2) is 0 Å². The highest BCUT2D eigenvalue weighted by atomic mass is 32.2. The van der Waals surface area contributed by atoms with Crippen LogP contribution in [0.5, 0.6) is 0 Å². The molecule has 0 aromatic carbocycles. The zero-order valence-corrected chi connectivity index (χ0v) is 11.0. The van der Waals surface area contributed by atoms with Crippen molar-refractivity contribution >= 4 is 21.8 Å². The maximum atomic E-state index is 11.9. The highest BCUT2D eigenvalue weighted by Gasteiger charge is 2.20. The molecule has 1 aromatic rings. The van der Waals surface area contributed by atoms with Gasteiger partial charge >= 0.3 is 0 Å². The number of thioether (sulfide) groups is 1. The van der Waals surface area contributed by atoms with E-state index in [4.69, 9.17) is 5.11 Å². The molecular formula is C10H16N2O3S2. The van der Waals surface area contributed by atoms with Crippen LogP contribution in [-0.2, 0) is 16.6 Å². The molecule has 7 heteroatoms. The molecule has 1 saturated heterocycles. The molecular weight excluding hydrogens is 260 g/mol. The van der Waals surface area contributed by atoms with Crippen LogP contribution in [0.4, 0.5) is 0 Å². The summed E-state index contributed by atoms with van der Waals surface area (Å²) in [5.41, 5.74) is 0.501. The van der Waals surface area contributed by atoms with E-state index in [1.807, 2.05) is 11.8 Å². The van der Waals surface area contributed by atoms with Crippen molar-refractivity contribution in [3.63, 3.8) is 0 Å². The van der Waals surface area contributed by atoms with Crippen molar-refractivity contribution in [3.8, 4) is 0 Å². The average Bonchev–Trinajstić information content (AvgIpc) is 2.98. The SMILES string of the molecule is O=S(=O)(NCC1CCCS1)c1c[nH]c(CO)c1. The van der Waals surface area contributed by atoms with Gasteiger partial charge in [0.25, 0.3) is 0 Å². The van der Waals surface area contributed by atoms with Crippen molar-refractivity contribution in [2.45, 2.75) is 29.6 Å². The number of aliphatic hydroxyl groups is 1. The van der Waals surface area contributed by atoms with E-state index in [9.17, 15) is 8.42 Å². The Morgan fingerprint density at radius 2 is 2.41 bits per heavy atom. The molecule has 3 N–H and O–H groups in total. The summed E-state index contributed by atoms with van der Waals surface area (Å²) in [6.07, 6.45) is 3.63. The van der Waals surface area contributed by atoms with Crippen molar-refractivity contribution in [2.75, 3.05) is 12.3 Å². The summed E-state index contributed by atoms with van der Waals surface area (Å²) in [7, 11) is -3.44. The Labute approximate surface area is 105 Å². The van der Waals surface area contributed by atoms with E-state index < -0.39 is 10.0 Å². The maximum Gasteiger partial charge on any atom is 0.242 e. The summed E-state index contributed by atoms with van der Waals surface area (Å²) in [6, 6.07) is 1.45. The molecule has 0 aliphatic carbocycles. The molecule has 1 aromatic heterocycles. The number of aliphatic hydroxyl groups excluding tert-OH is 1. The van der Waals surface area contributed by atoms with Crippen LogP contribution in [0.3, 0.4) is 0 Å². The second-order valence-corrected chi connectivity index (χ2v) is 7.18. The Hall–Kier alpha value is -0.500. The van der Waals surface area contributed by atoms with Gasteiger partial charge in [-0.3, -0.25) is 0 Å². The Kier molecular flexibility index (Phi) is 4.13. The second kappa shape index (κ2) is 5.43. The Bertz CT molecular complexity index is 464. The number of hydrogen-bond donors (Lipinski definition) is 3. The van der Waals surface area contributed by atoms with Gasteiger partial charge < -0.3 is 10.1 Å². The van der Waals surface area contributed by atoms with Gasteiger partial charge in [-0.25, -0.2) is 13.1 Å². The van der Waals surface area contributed by atoms with E-state index in [2.05, 4.69) is 9.71 Å². The fourth-order valence-corrected chi connectivity index (χ4v) is 4.16. The van der Waals surface area contributed by atoms with Gasteiger partial charge in [0, 0.05) is 23.7 Å². The van der Waals surface area contributed by atoms with E-state index >= 15 is 0 Å². The molecule has 1 aliphatic heterocycles. The lowest BCUT2D eigenvalue weighted by atomic mass is 10.2. The van der Waals surface area contributed by atoms with Crippen molar-refractivity contribution in [1.29, 1.82) is 0 Å². The lowest BCUT2D eigenvalue weighted by Gasteiger charge is -2.09. The van der Waals surface area contributed by atoms with Gasteiger partial charge in [0.05, 0.1) is 11.5 Å². The molecule has 1 unspecified atom stereocenters. The Balaban J connectivity index is 1.97. The lowest BCUT2D eigenvalue weighted by Crippen LogP contribution is -2.29. The largest absolute Gasteiger partial charge is 0.390 e. The predicted molar refractivity (Wildman–Crippen MR) is 67.4 cm³/mol. The summed E-state index contributed by atoms with van der Waals surface area (Å²) in [6.45, 7) is 0.292. The van der Waals surface area contributed by atoms with Crippen LogP contribution in [0.2, 0.25) is 0 Å². The second-order valence-electron chi connectivity index (χ2n) is 4.01. The molecule has 2 heterocycles. The number of aromatic nitrogens is 1. The third-order valence-corrected chi connectivity index (χ3v) is 5.52. The van der Waals surface area contributed by atoms with Crippen molar-refractivity contribution < 1.29 is 13.5 Å². The Morgan fingerprint density at radius 3 is 3.00 bits per heavy atom. The van der Waals surface area contributed by atoms with Crippen LogP contribution in [-0.4, -0.2) is 36.1 Å². The van der Waals surface area contributed by atoms with Crippen molar-refractivity contribution in [1.82, 2.24) is 9.71 Å². The smallest absolute Gasteiger partial charge is 0.242 e. The van der Waals surface area contributed by atoms with Gasteiger partial charge in [0.2, 0.25) is 10.0 Å². The van der Waals surface area contributed by atoms with Crippen LogP contribution in [0.25, 0.3) is 0 Å². The number of nitrogens with one attached hydrogen (secondary N) is 2. The van der Waals surface area contributed by atoms with Crippen LogP contribution >= 0.6 is 11.8 Å². The summed E-state index contributed by atoms with van der Waals surface area (Å²) in [5.74, 6) is 1.12. The minimum absolute atomic E-state index is 0.185. The maximum absolute atomic E-state index is 11.9. The molecule has 5 nitrogen and oxygen atoms in total. The summed E-state index contributed by atoms with van der Waals surface area (Å²) in [5, 5.41) is 9.26. The summed E-state index contributed by atoms with van der Waals surface area (Å²) < 4.78 is 26.4. The van der Waals surface area contributed by atoms with E-state index in [0.29, 0.717) is 17.5 Å². The molecule has 1 atom stereocenters. The van der Waals surface area contributed by atoms with Crippen LogP contribution in [0.15, 0.2) is 17.2 Å². The lowest BCUT2D eigenvalue weighted by molar-refractivity contribution is 0.277. The molecule has 2 rings (SSSR count). The zero-order valence-electron chi connectivity index (χ0n) is 9.35. The highest BCUT2D eigenvalue weighted by Crippen LogP contribution is 2.25. The molecule has 0 radical (unpaired) electrons. The molecule has 0 saturated carbocycles. The number of hydrogen-bond acceptors (Lipinski definition) is 4. The summed E-state index contributed by atoms with van der Waals surface area (Å²) in [4.78, 5) is 2.90. The number of H-pyrrole nitrogens is 1. The molecule has 0 amide bonds. The molecule has 1 aliphatic rings. The number of sulfonamides is 1. The van der Waals surface area contributed by atoms with Gasteiger partial charge in [-0.05, 0) is 24.7 Å². The number of aromatic amines is 1. The minimum Gasteiger partial charge on any atom is -0.390 e. The van der Waals surface area contributed by atoms with E-state index in [1.54, 1.807) is 0 Å². The molecule has 96 valence electrons. The first-order chi connectivity index (χ1) is 8.12. The monoisotopic (exact) mass is 276 g/mol. The zero-order chi connectivity index (χ0) is 12.3. The molecule has 0 bridgehead atoms. The van der Waals surface area contributed by atoms with Crippen LogP contribution in [0, 0.1) is 0 Å². The van der Waals surface area contributed by atoms with Gasteiger partial charge in [-0.15, -0.1) is 0 Å². The molecule has 1 fully saturated rings. The first-order valence-corrected chi connectivity index (χ1v) is 8.04. The molecule has 17 heavy (non-hydrogen) atoms. The third kappa shape index (κ3) is 3.25. The third-order valence-electron chi connectivity index (χ3n) is 2.72. The fourth-order valence-electron chi connectivity index (χ4n) is 1.76. The number of rotatable bonds is 5. The standard InChI is InChI=1S/C10H16N2O3S2/c13-7-8-4-10(6-11-8)17(14,15)12-5-9-2-1-3-16-9/h4,6,9,11-13H,1-3,5,7H2. The van der Waals surface area contributed by atoms with Gasteiger partial charge in [0.1, 0.15) is 0 Å². The van der Waals surface area contributed by atoms with E-state index in [-0.39, 0.29) is 11.5 Å². The summed E-state index contributed by atoms with van der Waals surface area (Å²) >= 11 is 1.81. The quantitative estimate of drug-likeness (QED) is 0.738. The van der Waals surface area contributed by atoms with E-state index in [1.165, 1.54) is 12.3 Å². The van der Waals surface area contributed by atoms with Crippen molar-refractivity contribution in [2.24, 2.45) is 0 Å². The highest BCUT2D eigenvalue weighted by molar-refractivity contribution is 8.00. The van der Waals surface area contributed by atoms with E-state index in [0.717, 1.165) is 18.6 Å². The van der Waals surface area contributed by atoms with Gasteiger partial charge in [-0.2, -0.15) is 11.8 Å². The normalized spacial score (nSPS) is 20.9. The topological polar surface area (TPSA) is 82.2 Å². The minimum atomic E-state index is -3.44.